The van der Waals surface area contributed by atoms with Crippen molar-refractivity contribution in [2.24, 2.45) is 0 Å². The van der Waals surface area contributed by atoms with E-state index >= 15 is 0 Å². The van der Waals surface area contributed by atoms with Gasteiger partial charge in [0.05, 0.1) is 12.8 Å². The van der Waals surface area contributed by atoms with Crippen LogP contribution in [0.4, 0.5) is 5.69 Å². The molecule has 2 rings (SSSR count). The highest BCUT2D eigenvalue weighted by atomic mass is 35.5. The number of rotatable bonds is 5. The van der Waals surface area contributed by atoms with E-state index in [9.17, 15) is 4.79 Å². The molecule has 1 heterocycles. The summed E-state index contributed by atoms with van der Waals surface area (Å²) >= 11 is 5.99. The largest absolute Gasteiger partial charge is 0.495 e. The van der Waals surface area contributed by atoms with Crippen LogP contribution in [0.1, 0.15) is 20.3 Å². The quantitative estimate of drug-likeness (QED) is 0.800. The molecule has 8 heteroatoms. The molecule has 1 aromatic rings. The minimum Gasteiger partial charge on any atom is -0.495 e. The highest BCUT2D eigenvalue weighted by molar-refractivity contribution is 6.30. The number of amides is 1. The van der Waals surface area contributed by atoms with Gasteiger partial charge in [0.2, 0.25) is 5.91 Å². The molecule has 0 radical (unpaired) electrons. The molecule has 138 valence electrons. The SMILES string of the molecule is COc1ccc(Cl)cc1NCCC(=O)N1CCNC(C)C1C.Cl.Cl. The van der Waals surface area contributed by atoms with Crippen LogP contribution in [0.5, 0.6) is 5.75 Å². The fraction of sp³-hybridized carbons (Fsp3) is 0.562. The van der Waals surface area contributed by atoms with Gasteiger partial charge in [-0.3, -0.25) is 4.79 Å². The predicted octanol–water partition coefficient (Wildman–Crippen LogP) is 3.20. The van der Waals surface area contributed by atoms with Crippen LogP contribution >= 0.6 is 36.4 Å². The number of nitrogens with one attached hydrogen (secondary N) is 2. The van der Waals surface area contributed by atoms with Gasteiger partial charge in [-0.1, -0.05) is 11.6 Å². The standard InChI is InChI=1S/C16H24ClN3O2.2ClH/c1-11-12(2)20(9-8-18-11)16(21)6-7-19-14-10-13(17)4-5-15(14)22-3;;/h4-5,10-12,18-19H,6-9H2,1-3H3;2*1H. The summed E-state index contributed by atoms with van der Waals surface area (Å²) in [6.45, 7) is 6.37. The van der Waals surface area contributed by atoms with Gasteiger partial charge in [0.25, 0.3) is 0 Å². The van der Waals surface area contributed by atoms with E-state index in [0.717, 1.165) is 24.5 Å². The lowest BCUT2D eigenvalue weighted by atomic mass is 10.1. The van der Waals surface area contributed by atoms with Gasteiger partial charge in [0.15, 0.2) is 0 Å². The number of hydrogen-bond donors (Lipinski definition) is 2. The molecule has 2 unspecified atom stereocenters. The Hall–Kier alpha value is -0.880. The molecule has 1 aliphatic rings. The Morgan fingerprint density at radius 2 is 2.12 bits per heavy atom. The summed E-state index contributed by atoms with van der Waals surface area (Å²) in [5.74, 6) is 0.898. The maximum atomic E-state index is 12.4. The zero-order chi connectivity index (χ0) is 16.1. The number of carbonyl (C=O) groups is 1. The van der Waals surface area contributed by atoms with Gasteiger partial charge < -0.3 is 20.3 Å². The summed E-state index contributed by atoms with van der Waals surface area (Å²) in [7, 11) is 1.61. The molecular formula is C16H26Cl3N3O2. The Kier molecular flexibility index (Phi) is 10.5. The first-order valence-corrected chi connectivity index (χ1v) is 8.01. The second-order valence-corrected chi connectivity index (χ2v) is 6.03. The maximum Gasteiger partial charge on any atom is 0.224 e. The van der Waals surface area contributed by atoms with Crippen LogP contribution in [-0.4, -0.2) is 49.6 Å². The highest BCUT2D eigenvalue weighted by Gasteiger charge is 2.27. The molecule has 0 bridgehead atoms. The Bertz CT molecular complexity index is 531. The summed E-state index contributed by atoms with van der Waals surface area (Å²) in [6.07, 6.45) is 0.451. The van der Waals surface area contributed by atoms with Crippen LogP contribution < -0.4 is 15.4 Å². The number of halogens is 3. The second-order valence-electron chi connectivity index (χ2n) is 5.59. The van der Waals surface area contributed by atoms with Crippen LogP contribution in [-0.2, 0) is 4.79 Å². The number of piperazine rings is 1. The Morgan fingerprint density at radius 1 is 1.42 bits per heavy atom. The molecular weight excluding hydrogens is 373 g/mol. The molecule has 1 fully saturated rings. The molecule has 2 atom stereocenters. The minimum atomic E-state index is 0. The van der Waals surface area contributed by atoms with Crippen molar-refractivity contribution in [2.75, 3.05) is 32.1 Å². The van der Waals surface area contributed by atoms with E-state index in [1.165, 1.54) is 0 Å². The van der Waals surface area contributed by atoms with Gasteiger partial charge in [-0.25, -0.2) is 0 Å². The van der Waals surface area contributed by atoms with Gasteiger partial charge in [-0.15, -0.1) is 24.8 Å². The third-order valence-electron chi connectivity index (χ3n) is 4.17. The fourth-order valence-corrected chi connectivity index (χ4v) is 2.85. The van der Waals surface area contributed by atoms with Gasteiger partial charge in [0, 0.05) is 43.2 Å². The molecule has 0 spiro atoms. The summed E-state index contributed by atoms with van der Waals surface area (Å²) in [5, 5.41) is 7.25. The van der Waals surface area contributed by atoms with E-state index in [-0.39, 0.29) is 36.8 Å². The smallest absolute Gasteiger partial charge is 0.224 e. The van der Waals surface area contributed by atoms with Crippen LogP contribution in [0.3, 0.4) is 0 Å². The lowest BCUT2D eigenvalue weighted by molar-refractivity contribution is -0.134. The number of nitrogens with zero attached hydrogens (tertiary/aromatic N) is 1. The fourth-order valence-electron chi connectivity index (χ4n) is 2.67. The second kappa shape index (κ2) is 10.9. The lowest BCUT2D eigenvalue weighted by Gasteiger charge is -2.38. The monoisotopic (exact) mass is 397 g/mol. The van der Waals surface area contributed by atoms with Gasteiger partial charge in [-0.05, 0) is 32.0 Å². The Labute approximate surface area is 161 Å². The first-order chi connectivity index (χ1) is 10.5. The molecule has 5 nitrogen and oxygen atoms in total. The first kappa shape index (κ1) is 23.1. The Morgan fingerprint density at radius 3 is 2.79 bits per heavy atom. The number of methoxy groups -OCH3 is 1. The minimum absolute atomic E-state index is 0. The summed E-state index contributed by atoms with van der Waals surface area (Å²) in [6, 6.07) is 5.95. The molecule has 1 aromatic carbocycles. The number of benzene rings is 1. The van der Waals surface area contributed by atoms with Gasteiger partial charge in [-0.2, -0.15) is 0 Å². The average molecular weight is 399 g/mol. The Balaban J connectivity index is 0.00000264. The number of hydrogen-bond acceptors (Lipinski definition) is 4. The molecule has 1 aliphatic heterocycles. The lowest BCUT2D eigenvalue weighted by Crippen LogP contribution is -2.57. The van der Waals surface area contributed by atoms with E-state index in [4.69, 9.17) is 16.3 Å². The zero-order valence-corrected chi connectivity index (χ0v) is 16.6. The van der Waals surface area contributed by atoms with Crippen molar-refractivity contribution >= 4 is 48.0 Å². The van der Waals surface area contributed by atoms with E-state index in [1.54, 1.807) is 19.2 Å². The van der Waals surface area contributed by atoms with Gasteiger partial charge in [0.1, 0.15) is 5.75 Å². The van der Waals surface area contributed by atoms with E-state index in [2.05, 4.69) is 24.5 Å². The molecule has 0 saturated carbocycles. The van der Waals surface area contributed by atoms with Crippen molar-refractivity contribution in [1.82, 2.24) is 10.2 Å². The average Bonchev–Trinajstić information content (AvgIpc) is 2.50. The number of anilines is 1. The van der Waals surface area contributed by atoms with E-state index < -0.39 is 0 Å². The van der Waals surface area contributed by atoms with Crippen LogP contribution in [0, 0.1) is 0 Å². The third-order valence-corrected chi connectivity index (χ3v) is 4.41. The van der Waals surface area contributed by atoms with Crippen molar-refractivity contribution in [3.05, 3.63) is 23.2 Å². The first-order valence-electron chi connectivity index (χ1n) is 7.63. The summed E-state index contributed by atoms with van der Waals surface area (Å²) in [4.78, 5) is 14.3. The van der Waals surface area contributed by atoms with E-state index in [0.29, 0.717) is 24.0 Å². The van der Waals surface area contributed by atoms with Crippen molar-refractivity contribution in [3.8, 4) is 5.75 Å². The maximum absolute atomic E-state index is 12.4. The van der Waals surface area contributed by atoms with Gasteiger partial charge >= 0.3 is 0 Å². The molecule has 0 aliphatic carbocycles. The predicted molar refractivity (Wildman–Crippen MR) is 104 cm³/mol. The normalized spacial score (nSPS) is 19.8. The topological polar surface area (TPSA) is 53.6 Å². The van der Waals surface area contributed by atoms with Crippen molar-refractivity contribution in [1.29, 1.82) is 0 Å². The van der Waals surface area contributed by atoms with Crippen LogP contribution in [0.15, 0.2) is 18.2 Å². The van der Waals surface area contributed by atoms with E-state index in [1.807, 2.05) is 11.0 Å². The summed E-state index contributed by atoms with van der Waals surface area (Å²) in [5.41, 5.74) is 0.810. The molecule has 0 aromatic heterocycles. The van der Waals surface area contributed by atoms with Crippen molar-refractivity contribution in [3.63, 3.8) is 0 Å². The van der Waals surface area contributed by atoms with Crippen LogP contribution in [0.25, 0.3) is 0 Å². The summed E-state index contributed by atoms with van der Waals surface area (Å²) < 4.78 is 5.28. The number of ether oxygens (including phenoxy) is 1. The van der Waals surface area contributed by atoms with Crippen LogP contribution in [0.2, 0.25) is 5.02 Å². The molecule has 2 N–H and O–H groups in total. The van der Waals surface area contributed by atoms with Crippen molar-refractivity contribution < 1.29 is 9.53 Å². The zero-order valence-electron chi connectivity index (χ0n) is 14.2. The molecule has 1 saturated heterocycles. The molecule has 24 heavy (non-hydrogen) atoms. The van der Waals surface area contributed by atoms with Crippen molar-refractivity contribution in [2.45, 2.75) is 32.4 Å². The third kappa shape index (κ3) is 5.88. The number of carbonyl (C=O) groups excluding carboxylic acids is 1. The molecule has 1 amide bonds. The highest BCUT2D eigenvalue weighted by Crippen LogP contribution is 2.27.